The minimum Gasteiger partial charge on any atom is -0.449 e. The van der Waals surface area contributed by atoms with E-state index in [0.29, 0.717) is 23.9 Å². The second-order valence-electron chi connectivity index (χ2n) is 7.02. The van der Waals surface area contributed by atoms with Crippen LogP contribution in [0.5, 0.6) is 5.75 Å². The normalized spacial score (nSPS) is 14.8. The van der Waals surface area contributed by atoms with Gasteiger partial charge in [0, 0.05) is 12.1 Å². The second kappa shape index (κ2) is 8.69. The van der Waals surface area contributed by atoms with E-state index in [4.69, 9.17) is 4.74 Å². The number of hydrogen-bond donors (Lipinski definition) is 1. The molecule has 0 spiro atoms. The molecule has 146 valence electrons. The Morgan fingerprint density at radius 1 is 1.18 bits per heavy atom. The van der Waals surface area contributed by atoms with Crippen LogP contribution >= 0.6 is 0 Å². The Bertz CT molecular complexity index is 908. The largest absolute Gasteiger partial charge is 0.449 e. The van der Waals surface area contributed by atoms with Gasteiger partial charge < -0.3 is 10.1 Å². The summed E-state index contributed by atoms with van der Waals surface area (Å²) < 4.78 is 19.7. The van der Waals surface area contributed by atoms with Gasteiger partial charge in [-0.3, -0.25) is 14.5 Å². The third-order valence-corrected chi connectivity index (χ3v) is 4.37. The van der Waals surface area contributed by atoms with Gasteiger partial charge in [-0.1, -0.05) is 44.2 Å². The molecule has 2 aromatic carbocycles. The molecule has 1 N–H and O–H groups in total. The molecule has 1 heterocycles. The summed E-state index contributed by atoms with van der Waals surface area (Å²) in [4.78, 5) is 26.7. The predicted molar refractivity (Wildman–Crippen MR) is 106 cm³/mol. The van der Waals surface area contributed by atoms with Gasteiger partial charge in [-0.05, 0) is 36.6 Å². The number of nitrogens with zero attached hydrogens (tertiary/aromatic N) is 1. The number of hydrogen-bond acceptors (Lipinski definition) is 3. The van der Waals surface area contributed by atoms with Crippen molar-refractivity contribution in [3.8, 4) is 5.75 Å². The number of nitrogens with one attached hydrogen (secondary N) is 1. The Morgan fingerprint density at radius 3 is 2.64 bits per heavy atom. The second-order valence-corrected chi connectivity index (χ2v) is 7.02. The number of anilines is 1. The summed E-state index contributed by atoms with van der Waals surface area (Å²) in [5.41, 5.74) is 0.753. The first-order valence-corrected chi connectivity index (χ1v) is 9.27. The van der Waals surface area contributed by atoms with E-state index in [-0.39, 0.29) is 23.8 Å². The summed E-state index contributed by atoms with van der Waals surface area (Å²) in [5.74, 6) is -0.306. The van der Waals surface area contributed by atoms with Crippen molar-refractivity contribution in [3.05, 3.63) is 65.7 Å². The maximum absolute atomic E-state index is 14.0. The monoisotopic (exact) mass is 382 g/mol. The molecule has 0 saturated carbocycles. The van der Waals surface area contributed by atoms with Crippen LogP contribution in [0.15, 0.2) is 54.3 Å². The van der Waals surface area contributed by atoms with Crippen molar-refractivity contribution in [2.24, 2.45) is 5.92 Å². The number of carbonyl (C=O) groups is 2. The lowest BCUT2D eigenvalue weighted by Crippen LogP contribution is -2.44. The maximum Gasteiger partial charge on any atom is 0.294 e. The van der Waals surface area contributed by atoms with Crippen LogP contribution in [-0.4, -0.2) is 24.9 Å². The number of rotatable bonds is 6. The van der Waals surface area contributed by atoms with E-state index in [0.717, 1.165) is 6.42 Å². The molecule has 0 bridgehead atoms. The van der Waals surface area contributed by atoms with Crippen LogP contribution in [0.4, 0.5) is 10.1 Å². The highest BCUT2D eigenvalue weighted by molar-refractivity contribution is 6.12. The lowest BCUT2D eigenvalue weighted by Gasteiger charge is -2.30. The third kappa shape index (κ3) is 4.57. The molecule has 0 atom stereocenters. The summed E-state index contributed by atoms with van der Waals surface area (Å²) in [7, 11) is 0. The fourth-order valence-corrected chi connectivity index (χ4v) is 2.85. The summed E-state index contributed by atoms with van der Waals surface area (Å²) in [6.45, 7) is 4.57. The highest BCUT2D eigenvalue weighted by Gasteiger charge is 2.31. The van der Waals surface area contributed by atoms with Crippen molar-refractivity contribution < 1.29 is 18.7 Å². The van der Waals surface area contributed by atoms with Gasteiger partial charge in [0.15, 0.2) is 11.5 Å². The van der Waals surface area contributed by atoms with Crippen LogP contribution in [0, 0.1) is 11.7 Å². The molecule has 3 rings (SSSR count). The molecule has 0 radical (unpaired) electrons. The van der Waals surface area contributed by atoms with Gasteiger partial charge in [0.2, 0.25) is 5.91 Å². The van der Waals surface area contributed by atoms with Crippen molar-refractivity contribution in [3.63, 3.8) is 0 Å². The Kier molecular flexibility index (Phi) is 6.09. The number of carbonyl (C=O) groups excluding carboxylic acids is 2. The molecule has 28 heavy (non-hydrogen) atoms. The predicted octanol–water partition coefficient (Wildman–Crippen LogP) is 3.75. The number of amides is 2. The number of fused-ring (bicyclic) bond motifs is 1. The van der Waals surface area contributed by atoms with Crippen LogP contribution in [0.25, 0.3) is 6.08 Å². The molecule has 0 aromatic heterocycles. The Hall–Kier alpha value is -3.15. The SMILES string of the molecule is CC(C)CCNC(=O)CN1C(=O)C(=Cc2ccccc2F)Oc2ccccc21. The zero-order valence-electron chi connectivity index (χ0n) is 15.9. The molecule has 2 aromatic rings. The first-order valence-electron chi connectivity index (χ1n) is 9.27. The average Bonchev–Trinajstić information content (AvgIpc) is 2.66. The van der Waals surface area contributed by atoms with Crippen molar-refractivity contribution >= 4 is 23.6 Å². The van der Waals surface area contributed by atoms with Crippen molar-refractivity contribution in [1.82, 2.24) is 5.32 Å². The molecular weight excluding hydrogens is 359 g/mol. The first kappa shape index (κ1) is 19.6. The standard InChI is InChI=1S/C22H23FN2O3/c1-15(2)11-12-24-21(26)14-25-18-9-5-6-10-19(18)28-20(22(25)27)13-16-7-3-4-8-17(16)23/h3-10,13,15H,11-12,14H2,1-2H3,(H,24,26). The van der Waals surface area contributed by atoms with Crippen molar-refractivity contribution in [1.29, 1.82) is 0 Å². The maximum atomic E-state index is 14.0. The number of para-hydroxylation sites is 2. The minimum atomic E-state index is -0.485. The molecule has 0 fully saturated rings. The highest BCUT2D eigenvalue weighted by Crippen LogP contribution is 2.35. The van der Waals surface area contributed by atoms with Gasteiger partial charge >= 0.3 is 0 Å². The number of halogens is 1. The van der Waals surface area contributed by atoms with E-state index >= 15 is 0 Å². The summed E-state index contributed by atoms with van der Waals surface area (Å²) >= 11 is 0. The van der Waals surface area contributed by atoms with Gasteiger partial charge in [0.25, 0.3) is 5.91 Å². The van der Waals surface area contributed by atoms with E-state index in [2.05, 4.69) is 19.2 Å². The Labute approximate surface area is 163 Å². The van der Waals surface area contributed by atoms with E-state index < -0.39 is 11.7 Å². The van der Waals surface area contributed by atoms with Gasteiger partial charge in [0.05, 0.1) is 5.69 Å². The van der Waals surface area contributed by atoms with Crippen molar-refractivity contribution in [2.45, 2.75) is 20.3 Å². The molecule has 2 amide bonds. The van der Waals surface area contributed by atoms with Gasteiger partial charge in [-0.15, -0.1) is 0 Å². The molecule has 1 aliphatic rings. The fourth-order valence-electron chi connectivity index (χ4n) is 2.85. The van der Waals surface area contributed by atoms with E-state index in [1.165, 1.54) is 17.0 Å². The van der Waals surface area contributed by atoms with Crippen LogP contribution < -0.4 is 15.0 Å². The van der Waals surface area contributed by atoms with Crippen molar-refractivity contribution in [2.75, 3.05) is 18.0 Å². The molecule has 6 heteroatoms. The molecule has 5 nitrogen and oxygen atoms in total. The van der Waals surface area contributed by atoms with Crippen LogP contribution in [-0.2, 0) is 9.59 Å². The van der Waals surface area contributed by atoms with Gasteiger partial charge in [-0.25, -0.2) is 4.39 Å². The number of benzene rings is 2. The summed E-state index contributed by atoms with van der Waals surface area (Å²) in [5, 5.41) is 2.83. The smallest absolute Gasteiger partial charge is 0.294 e. The Morgan fingerprint density at radius 2 is 1.89 bits per heavy atom. The number of ether oxygens (including phenoxy) is 1. The molecular formula is C22H23FN2O3. The van der Waals surface area contributed by atoms with Gasteiger partial charge in [0.1, 0.15) is 12.4 Å². The van der Waals surface area contributed by atoms with Gasteiger partial charge in [-0.2, -0.15) is 0 Å². The van der Waals surface area contributed by atoms with E-state index in [1.54, 1.807) is 42.5 Å². The van der Waals surface area contributed by atoms with Crippen LogP contribution in [0.2, 0.25) is 0 Å². The summed E-state index contributed by atoms with van der Waals surface area (Å²) in [6.07, 6.45) is 2.22. The molecule has 0 aliphatic carbocycles. The van der Waals surface area contributed by atoms with E-state index in [1.807, 2.05) is 0 Å². The third-order valence-electron chi connectivity index (χ3n) is 4.37. The lowest BCUT2D eigenvalue weighted by atomic mass is 10.1. The molecule has 0 unspecified atom stereocenters. The van der Waals surface area contributed by atoms with Crippen LogP contribution in [0.1, 0.15) is 25.8 Å². The quantitative estimate of drug-likeness (QED) is 0.774. The molecule has 1 aliphatic heterocycles. The summed E-state index contributed by atoms with van der Waals surface area (Å²) in [6, 6.07) is 13.1. The molecule has 0 saturated heterocycles. The fraction of sp³-hybridized carbons (Fsp3) is 0.273. The van der Waals surface area contributed by atoms with Crippen LogP contribution in [0.3, 0.4) is 0 Å². The zero-order valence-corrected chi connectivity index (χ0v) is 15.9. The first-order chi connectivity index (χ1) is 13.5. The highest BCUT2D eigenvalue weighted by atomic mass is 19.1. The minimum absolute atomic E-state index is 0.0289. The zero-order chi connectivity index (χ0) is 20.1. The average molecular weight is 382 g/mol. The lowest BCUT2D eigenvalue weighted by molar-refractivity contribution is -0.123. The topological polar surface area (TPSA) is 58.6 Å². The Balaban J connectivity index is 1.85. The van der Waals surface area contributed by atoms with E-state index in [9.17, 15) is 14.0 Å².